The summed E-state index contributed by atoms with van der Waals surface area (Å²) in [5.41, 5.74) is 0. The number of rotatable bonds is 8. The van der Waals surface area contributed by atoms with Crippen molar-refractivity contribution in [2.24, 2.45) is 0 Å². The van der Waals surface area contributed by atoms with Gasteiger partial charge in [0.1, 0.15) is 0 Å². The van der Waals surface area contributed by atoms with Gasteiger partial charge < -0.3 is 0 Å². The molecule has 0 amide bonds. The van der Waals surface area contributed by atoms with Gasteiger partial charge in [-0.3, -0.25) is 0 Å². The predicted octanol–water partition coefficient (Wildman–Crippen LogP) is 5.21. The van der Waals surface area contributed by atoms with Crippen LogP contribution >= 0.6 is 0 Å². The van der Waals surface area contributed by atoms with Crippen LogP contribution in [0.5, 0.6) is 0 Å². The van der Waals surface area contributed by atoms with Gasteiger partial charge in [0.2, 0.25) is 0 Å². The van der Waals surface area contributed by atoms with Crippen LogP contribution < -0.4 is 0 Å². The monoisotopic (exact) mass is 404 g/mol. The minimum atomic E-state index is -3.71. The molecule has 0 spiro atoms. The molecule has 0 aliphatic heterocycles. The van der Waals surface area contributed by atoms with E-state index in [0.29, 0.717) is 0 Å². The molecule has 0 aromatic carbocycles. The van der Waals surface area contributed by atoms with Crippen LogP contribution in [0.2, 0.25) is 78.6 Å². The Morgan fingerprint density at radius 2 is 0.524 bits per heavy atom. The van der Waals surface area contributed by atoms with Crippen molar-refractivity contribution >= 4 is 33.3 Å². The third-order valence-electron chi connectivity index (χ3n) is 1.72. The van der Waals surface area contributed by atoms with Crippen molar-refractivity contribution in [2.75, 3.05) is 0 Å². The first-order chi connectivity index (χ1) is 8.83. The van der Waals surface area contributed by atoms with Gasteiger partial charge in [-0.05, 0) is 0 Å². The van der Waals surface area contributed by atoms with E-state index >= 15 is 0 Å². The molecule has 0 aromatic rings. The van der Waals surface area contributed by atoms with Crippen molar-refractivity contribution in [1.29, 1.82) is 0 Å². The van der Waals surface area contributed by atoms with E-state index < -0.39 is 51.4 Å². The van der Waals surface area contributed by atoms with Crippen LogP contribution in [0.3, 0.4) is 0 Å². The molecular formula is C12H36O4Si4Ti. The van der Waals surface area contributed by atoms with Crippen molar-refractivity contribution in [3.05, 3.63) is 0 Å². The van der Waals surface area contributed by atoms with E-state index in [-0.39, 0.29) is 0 Å². The van der Waals surface area contributed by atoms with Gasteiger partial charge in [-0.15, -0.1) is 0 Å². The molecule has 0 aliphatic rings. The Labute approximate surface area is 141 Å². The molecule has 0 saturated heterocycles. The number of hydrogen-bond donors (Lipinski definition) is 0. The van der Waals surface area contributed by atoms with E-state index in [1.165, 1.54) is 0 Å². The molecule has 0 heterocycles. The SMILES string of the molecule is C[Si](C)(C)[O][Ti]([O][Si](C)(C)C)([O][Si](C)(C)C)[O][Si](C)(C)C. The molecule has 0 aromatic heterocycles. The molecule has 0 bridgehead atoms. The molecule has 128 valence electrons. The molecular weight excluding hydrogens is 368 g/mol. The van der Waals surface area contributed by atoms with Gasteiger partial charge in [-0.1, -0.05) is 0 Å². The van der Waals surface area contributed by atoms with E-state index in [1.807, 2.05) is 0 Å². The van der Waals surface area contributed by atoms with E-state index in [4.69, 9.17) is 12.0 Å². The molecule has 0 fully saturated rings. The van der Waals surface area contributed by atoms with Gasteiger partial charge in [0.15, 0.2) is 0 Å². The standard InChI is InChI=1S/4C3H9OSi.Ti/c4*1-5(2,3)4;/h4*1-3H3;/q4*-1;+4. The van der Waals surface area contributed by atoms with Gasteiger partial charge >= 0.3 is 142 Å². The zero-order chi connectivity index (χ0) is 17.3. The van der Waals surface area contributed by atoms with Crippen LogP contribution in [0.25, 0.3) is 0 Å². The first-order valence-corrected chi connectivity index (χ1v) is 23.8. The van der Waals surface area contributed by atoms with Crippen LogP contribution in [0, 0.1) is 0 Å². The molecule has 0 radical (unpaired) electrons. The quantitative estimate of drug-likeness (QED) is 0.521. The van der Waals surface area contributed by atoms with Crippen LogP contribution in [0.1, 0.15) is 0 Å². The second-order valence-electron chi connectivity index (χ2n) is 9.36. The van der Waals surface area contributed by atoms with Crippen molar-refractivity contribution < 1.29 is 30.2 Å². The van der Waals surface area contributed by atoms with Crippen LogP contribution in [0.4, 0.5) is 0 Å². The third-order valence-corrected chi connectivity index (χ3v) is 21.3. The van der Waals surface area contributed by atoms with Crippen LogP contribution in [-0.2, 0) is 30.2 Å². The third kappa shape index (κ3) is 12.5. The predicted molar refractivity (Wildman–Crippen MR) is 97.7 cm³/mol. The summed E-state index contributed by atoms with van der Waals surface area (Å²) in [6, 6.07) is 0. The molecule has 0 saturated carbocycles. The van der Waals surface area contributed by atoms with E-state index in [0.717, 1.165) is 0 Å². The van der Waals surface area contributed by atoms with Crippen molar-refractivity contribution in [1.82, 2.24) is 0 Å². The van der Waals surface area contributed by atoms with Crippen molar-refractivity contribution in [3.8, 4) is 0 Å². The van der Waals surface area contributed by atoms with Gasteiger partial charge in [0.05, 0.1) is 0 Å². The Morgan fingerprint density at radius 3 is 0.619 bits per heavy atom. The maximum absolute atomic E-state index is 6.52. The Balaban J connectivity index is 5.70. The summed E-state index contributed by atoms with van der Waals surface area (Å²) in [6.45, 7) is 26.2. The average molecular weight is 405 g/mol. The van der Waals surface area contributed by atoms with Crippen molar-refractivity contribution in [2.45, 2.75) is 78.6 Å². The van der Waals surface area contributed by atoms with Crippen molar-refractivity contribution in [3.63, 3.8) is 0 Å². The van der Waals surface area contributed by atoms with E-state index in [1.54, 1.807) is 0 Å². The molecule has 0 rings (SSSR count). The second kappa shape index (κ2) is 7.12. The van der Waals surface area contributed by atoms with E-state index in [2.05, 4.69) is 78.6 Å². The summed E-state index contributed by atoms with van der Waals surface area (Å²) in [4.78, 5) is 0. The fourth-order valence-corrected chi connectivity index (χ4v) is 23.2. The first kappa shape index (κ1) is 22.4. The Kier molecular flexibility index (Phi) is 7.60. The number of hydrogen-bond acceptors (Lipinski definition) is 4. The molecule has 21 heavy (non-hydrogen) atoms. The summed E-state index contributed by atoms with van der Waals surface area (Å²) in [6.07, 6.45) is 0. The average Bonchev–Trinajstić information content (AvgIpc) is 1.83. The van der Waals surface area contributed by atoms with Gasteiger partial charge in [-0.2, -0.15) is 0 Å². The van der Waals surface area contributed by atoms with Gasteiger partial charge in [-0.25, -0.2) is 0 Å². The second-order valence-corrected chi connectivity index (χ2v) is 32.5. The summed E-state index contributed by atoms with van der Waals surface area (Å²) < 4.78 is 26.1. The molecule has 0 unspecified atom stereocenters. The van der Waals surface area contributed by atoms with Crippen LogP contribution in [0.15, 0.2) is 0 Å². The summed E-state index contributed by atoms with van der Waals surface area (Å²) in [7, 11) is -7.27. The first-order valence-electron chi connectivity index (χ1n) is 7.63. The molecule has 0 aliphatic carbocycles. The molecule has 0 N–H and O–H groups in total. The molecule has 0 atom stereocenters. The fourth-order valence-electron chi connectivity index (χ4n) is 1.63. The maximum atomic E-state index is 6.52. The Hall–Kier alpha value is 1.42. The normalized spacial score (nSPS) is 15.4. The van der Waals surface area contributed by atoms with Gasteiger partial charge in [0, 0.05) is 0 Å². The molecule has 4 nitrogen and oxygen atoms in total. The summed E-state index contributed by atoms with van der Waals surface area (Å²) >= 11 is -3.71. The topological polar surface area (TPSA) is 36.9 Å². The zero-order valence-corrected chi connectivity index (χ0v) is 21.7. The molecule has 9 heteroatoms. The Bertz CT molecular complexity index is 270. The summed E-state index contributed by atoms with van der Waals surface area (Å²) in [5.74, 6) is 0. The van der Waals surface area contributed by atoms with Crippen LogP contribution in [-0.4, -0.2) is 33.3 Å². The summed E-state index contributed by atoms with van der Waals surface area (Å²) in [5, 5.41) is 0. The van der Waals surface area contributed by atoms with E-state index in [9.17, 15) is 0 Å². The Morgan fingerprint density at radius 1 is 0.381 bits per heavy atom. The fraction of sp³-hybridized carbons (Fsp3) is 1.00. The zero-order valence-electron chi connectivity index (χ0n) is 16.1. The van der Waals surface area contributed by atoms with Gasteiger partial charge in [0.25, 0.3) is 0 Å². The minimum absolute atomic E-state index is 1.82.